The van der Waals surface area contributed by atoms with Gasteiger partial charge in [0.1, 0.15) is 11.9 Å². The third-order valence-electron chi connectivity index (χ3n) is 3.58. The second kappa shape index (κ2) is 7.00. The summed E-state index contributed by atoms with van der Waals surface area (Å²) in [6.07, 6.45) is -0.0953. The van der Waals surface area contributed by atoms with E-state index >= 15 is 0 Å². The Balaban J connectivity index is 2.20. The summed E-state index contributed by atoms with van der Waals surface area (Å²) >= 11 is 0. The normalized spacial score (nSPS) is 18.4. The van der Waals surface area contributed by atoms with Crippen LogP contribution in [0, 0.1) is 17.1 Å². The van der Waals surface area contributed by atoms with Crippen LogP contribution in [0.25, 0.3) is 0 Å². The molecule has 1 unspecified atom stereocenters. The van der Waals surface area contributed by atoms with Gasteiger partial charge in [-0.2, -0.15) is 5.26 Å². The zero-order valence-electron chi connectivity index (χ0n) is 12.1. The molecule has 1 atom stereocenters. The lowest BCUT2D eigenvalue weighted by atomic mass is 10.1. The van der Waals surface area contributed by atoms with Crippen LogP contribution >= 0.6 is 0 Å². The van der Waals surface area contributed by atoms with Crippen LogP contribution in [0.5, 0.6) is 0 Å². The number of ether oxygens (including phenoxy) is 1. The molecule has 0 spiro atoms. The van der Waals surface area contributed by atoms with Crippen molar-refractivity contribution in [3.8, 4) is 6.07 Å². The molecule has 7 heteroatoms. The van der Waals surface area contributed by atoms with Crippen molar-refractivity contribution in [1.82, 2.24) is 10.2 Å². The summed E-state index contributed by atoms with van der Waals surface area (Å²) in [5.41, 5.74) is 0.672. The van der Waals surface area contributed by atoms with E-state index in [-0.39, 0.29) is 18.9 Å². The van der Waals surface area contributed by atoms with Crippen LogP contribution in [0.2, 0.25) is 0 Å². The van der Waals surface area contributed by atoms with Crippen molar-refractivity contribution in [3.05, 3.63) is 35.1 Å². The summed E-state index contributed by atoms with van der Waals surface area (Å²) < 4.78 is 18.5. The number of rotatable bonds is 4. The topological polar surface area (TPSA) is 82.4 Å². The Morgan fingerprint density at radius 3 is 3.05 bits per heavy atom. The fourth-order valence-corrected chi connectivity index (χ4v) is 2.40. The molecule has 0 radical (unpaired) electrons. The molecule has 1 fully saturated rings. The number of piperazine rings is 1. The Bertz CT molecular complexity index is 627. The maximum absolute atomic E-state index is 13.9. The van der Waals surface area contributed by atoms with Crippen LogP contribution < -0.4 is 5.32 Å². The Labute approximate surface area is 127 Å². The van der Waals surface area contributed by atoms with Gasteiger partial charge in [0, 0.05) is 25.2 Å². The molecule has 2 rings (SSSR count). The maximum Gasteiger partial charge on any atom is 0.307 e. The number of hydrogen-bond donors (Lipinski definition) is 1. The summed E-state index contributed by atoms with van der Waals surface area (Å²) in [7, 11) is 1.25. The number of nitriles is 1. The van der Waals surface area contributed by atoms with Gasteiger partial charge < -0.3 is 10.1 Å². The van der Waals surface area contributed by atoms with Gasteiger partial charge in [-0.1, -0.05) is 0 Å². The van der Waals surface area contributed by atoms with Gasteiger partial charge in [-0.15, -0.1) is 0 Å². The van der Waals surface area contributed by atoms with Crippen molar-refractivity contribution in [2.75, 3.05) is 20.2 Å². The van der Waals surface area contributed by atoms with E-state index in [0.29, 0.717) is 24.2 Å². The van der Waals surface area contributed by atoms with E-state index in [1.807, 2.05) is 6.07 Å². The Morgan fingerprint density at radius 1 is 1.59 bits per heavy atom. The number of carbonyl (C=O) groups is 2. The van der Waals surface area contributed by atoms with E-state index < -0.39 is 17.8 Å². The van der Waals surface area contributed by atoms with Crippen molar-refractivity contribution in [1.29, 1.82) is 5.26 Å². The highest BCUT2D eigenvalue weighted by atomic mass is 19.1. The summed E-state index contributed by atoms with van der Waals surface area (Å²) in [4.78, 5) is 25.1. The van der Waals surface area contributed by atoms with Crippen LogP contribution in [-0.4, -0.2) is 43.0 Å². The summed E-state index contributed by atoms with van der Waals surface area (Å²) in [6, 6.07) is 5.33. The minimum Gasteiger partial charge on any atom is -0.469 e. The average molecular weight is 305 g/mol. The van der Waals surface area contributed by atoms with E-state index in [4.69, 9.17) is 5.26 Å². The lowest BCUT2D eigenvalue weighted by molar-refractivity contribution is -0.146. The van der Waals surface area contributed by atoms with Crippen molar-refractivity contribution < 1.29 is 18.7 Å². The number of halogens is 1. The number of carbonyl (C=O) groups excluding carboxylic acids is 2. The molecule has 0 saturated carbocycles. The van der Waals surface area contributed by atoms with Crippen LogP contribution in [0.4, 0.5) is 4.39 Å². The van der Waals surface area contributed by atoms with Crippen LogP contribution in [0.1, 0.15) is 17.5 Å². The van der Waals surface area contributed by atoms with Crippen molar-refractivity contribution >= 4 is 11.9 Å². The average Bonchev–Trinajstić information content (AvgIpc) is 2.52. The molecule has 1 aliphatic heterocycles. The second-order valence-electron chi connectivity index (χ2n) is 4.98. The van der Waals surface area contributed by atoms with Gasteiger partial charge in [-0.05, 0) is 18.2 Å². The molecule has 1 aromatic carbocycles. The van der Waals surface area contributed by atoms with Gasteiger partial charge in [-0.25, -0.2) is 4.39 Å². The lowest BCUT2D eigenvalue weighted by Gasteiger charge is -2.34. The monoisotopic (exact) mass is 305 g/mol. The van der Waals surface area contributed by atoms with Crippen LogP contribution in [0.15, 0.2) is 18.2 Å². The van der Waals surface area contributed by atoms with Gasteiger partial charge in [0.2, 0.25) is 5.91 Å². The van der Waals surface area contributed by atoms with Gasteiger partial charge in [0.25, 0.3) is 0 Å². The lowest BCUT2D eigenvalue weighted by Crippen LogP contribution is -2.55. The molecule has 1 aromatic rings. The predicted octanol–water partition coefficient (Wildman–Crippen LogP) is 0.561. The van der Waals surface area contributed by atoms with E-state index in [1.54, 1.807) is 4.90 Å². The maximum atomic E-state index is 13.9. The number of amides is 1. The molecule has 1 aliphatic rings. The standard InChI is InChI=1S/C15H16FN3O3/c1-22-14(20)7-13-15(21)18-4-5-19(13)9-11-6-10(8-17)2-3-12(11)16/h2-3,6,13H,4-5,7,9H2,1H3,(H,18,21). The number of esters is 1. The van der Waals surface area contributed by atoms with E-state index in [9.17, 15) is 14.0 Å². The van der Waals surface area contributed by atoms with E-state index in [1.165, 1.54) is 25.3 Å². The van der Waals surface area contributed by atoms with Gasteiger partial charge in [-0.3, -0.25) is 14.5 Å². The van der Waals surface area contributed by atoms with Gasteiger partial charge in [0.15, 0.2) is 0 Å². The zero-order valence-corrected chi connectivity index (χ0v) is 12.1. The van der Waals surface area contributed by atoms with E-state index in [2.05, 4.69) is 10.1 Å². The van der Waals surface area contributed by atoms with Gasteiger partial charge >= 0.3 is 5.97 Å². The molecule has 1 saturated heterocycles. The number of nitrogens with zero attached hydrogens (tertiary/aromatic N) is 2. The van der Waals surface area contributed by atoms with Crippen molar-refractivity contribution in [2.24, 2.45) is 0 Å². The van der Waals surface area contributed by atoms with Crippen molar-refractivity contribution in [2.45, 2.75) is 19.0 Å². The molecule has 22 heavy (non-hydrogen) atoms. The molecular weight excluding hydrogens is 289 g/mol. The number of hydrogen-bond acceptors (Lipinski definition) is 5. The Kier molecular flexibility index (Phi) is 5.07. The zero-order chi connectivity index (χ0) is 16.1. The molecule has 0 aliphatic carbocycles. The Morgan fingerprint density at radius 2 is 2.36 bits per heavy atom. The number of nitrogens with one attached hydrogen (secondary N) is 1. The summed E-state index contributed by atoms with van der Waals surface area (Å²) in [6.45, 7) is 1.07. The smallest absolute Gasteiger partial charge is 0.307 e. The molecule has 1 N–H and O–H groups in total. The predicted molar refractivity (Wildman–Crippen MR) is 75.0 cm³/mol. The fraction of sp³-hybridized carbons (Fsp3) is 0.400. The minimum atomic E-state index is -0.702. The highest BCUT2D eigenvalue weighted by molar-refractivity contribution is 5.87. The number of benzene rings is 1. The molecular formula is C15H16FN3O3. The molecule has 1 amide bonds. The first-order valence-electron chi connectivity index (χ1n) is 6.82. The first kappa shape index (κ1) is 15.9. The Hall–Kier alpha value is -2.46. The molecule has 1 heterocycles. The third-order valence-corrected chi connectivity index (χ3v) is 3.58. The molecule has 6 nitrogen and oxygen atoms in total. The van der Waals surface area contributed by atoms with Crippen LogP contribution in [0.3, 0.4) is 0 Å². The number of methoxy groups -OCH3 is 1. The molecule has 116 valence electrons. The quantitative estimate of drug-likeness (QED) is 0.822. The fourth-order valence-electron chi connectivity index (χ4n) is 2.40. The minimum absolute atomic E-state index is 0.0953. The van der Waals surface area contributed by atoms with E-state index in [0.717, 1.165) is 0 Å². The molecule has 0 bridgehead atoms. The SMILES string of the molecule is COC(=O)CC1C(=O)NCCN1Cc1cc(C#N)ccc1F. The first-order valence-corrected chi connectivity index (χ1v) is 6.82. The van der Waals surface area contributed by atoms with Crippen molar-refractivity contribution in [3.63, 3.8) is 0 Å². The van der Waals surface area contributed by atoms with Gasteiger partial charge in [0.05, 0.1) is 25.2 Å². The van der Waals surface area contributed by atoms with Crippen LogP contribution in [-0.2, 0) is 20.9 Å². The first-order chi connectivity index (χ1) is 10.5. The highest BCUT2D eigenvalue weighted by Gasteiger charge is 2.32. The third kappa shape index (κ3) is 3.59. The summed E-state index contributed by atoms with van der Waals surface area (Å²) in [5.74, 6) is -1.23. The summed E-state index contributed by atoms with van der Waals surface area (Å²) in [5, 5.41) is 11.6. The molecule has 0 aromatic heterocycles. The highest BCUT2D eigenvalue weighted by Crippen LogP contribution is 2.17. The second-order valence-corrected chi connectivity index (χ2v) is 4.98. The largest absolute Gasteiger partial charge is 0.469 e.